The van der Waals surface area contributed by atoms with Gasteiger partial charge in [-0.05, 0) is 54.4 Å². The summed E-state index contributed by atoms with van der Waals surface area (Å²) < 4.78 is 5.90. The summed E-state index contributed by atoms with van der Waals surface area (Å²) >= 11 is 0. The van der Waals surface area contributed by atoms with Gasteiger partial charge in [-0.2, -0.15) is 0 Å². The van der Waals surface area contributed by atoms with E-state index in [4.69, 9.17) is 9.40 Å². The van der Waals surface area contributed by atoms with E-state index >= 15 is 0 Å². The van der Waals surface area contributed by atoms with Crippen LogP contribution in [0.2, 0.25) is 0 Å². The van der Waals surface area contributed by atoms with Crippen LogP contribution >= 0.6 is 10.0 Å². The molecule has 2 nitrogen and oxygen atoms in total. The van der Waals surface area contributed by atoms with E-state index in [9.17, 15) is 0 Å². The summed E-state index contributed by atoms with van der Waals surface area (Å²) in [6, 6.07) is 12.8. The first-order valence-electron chi connectivity index (χ1n) is 7.78. The van der Waals surface area contributed by atoms with Gasteiger partial charge in [0.1, 0.15) is 5.76 Å². The zero-order valence-corrected chi connectivity index (χ0v) is 15.0. The van der Waals surface area contributed by atoms with E-state index in [1.54, 1.807) is 6.08 Å². The second-order valence-corrected chi connectivity index (χ2v) is 10.5. The molecule has 2 heterocycles. The maximum Gasteiger partial charge on any atom is 0.227 e. The maximum absolute atomic E-state index is 5.90. The Labute approximate surface area is 139 Å². The number of aromatic nitrogens is 1. The Morgan fingerprint density at radius 3 is 2.52 bits per heavy atom. The number of hydrogen-bond acceptors (Lipinski definition) is 2. The summed E-state index contributed by atoms with van der Waals surface area (Å²) in [5.41, 5.74) is 4.06. The number of nitrogens with zero attached hydrogens (tertiary/aromatic N) is 1. The SMILES string of the molecule is C=Cc1oc2nc(-c3ccccc3S(C)(C)C)ccc2c1CC. The van der Waals surface area contributed by atoms with E-state index in [0.717, 1.165) is 23.3 Å². The molecule has 0 spiro atoms. The molecule has 0 aliphatic heterocycles. The van der Waals surface area contributed by atoms with E-state index in [1.807, 2.05) is 0 Å². The van der Waals surface area contributed by atoms with Gasteiger partial charge < -0.3 is 4.42 Å². The fourth-order valence-electron chi connectivity index (χ4n) is 2.94. The smallest absolute Gasteiger partial charge is 0.227 e. The highest BCUT2D eigenvalue weighted by atomic mass is 32.3. The van der Waals surface area contributed by atoms with Gasteiger partial charge in [0.05, 0.1) is 5.69 Å². The van der Waals surface area contributed by atoms with Crippen molar-refractivity contribution in [3.05, 3.63) is 54.3 Å². The van der Waals surface area contributed by atoms with Crippen LogP contribution < -0.4 is 0 Å². The Kier molecular flexibility index (Phi) is 4.07. The molecule has 0 amide bonds. The third kappa shape index (κ3) is 2.81. The van der Waals surface area contributed by atoms with Crippen LogP contribution in [-0.2, 0) is 6.42 Å². The van der Waals surface area contributed by atoms with Crippen molar-refractivity contribution in [1.29, 1.82) is 0 Å². The molecule has 3 aromatic rings. The quantitative estimate of drug-likeness (QED) is 0.610. The van der Waals surface area contributed by atoms with E-state index in [2.05, 4.69) is 68.7 Å². The molecule has 0 unspecified atom stereocenters. The maximum atomic E-state index is 5.90. The van der Waals surface area contributed by atoms with Crippen LogP contribution in [0, 0.1) is 0 Å². The Hall–Kier alpha value is -2.00. The second kappa shape index (κ2) is 5.89. The summed E-state index contributed by atoms with van der Waals surface area (Å²) in [5.74, 6) is 0.835. The minimum atomic E-state index is -0.834. The van der Waals surface area contributed by atoms with Crippen LogP contribution in [0.5, 0.6) is 0 Å². The van der Waals surface area contributed by atoms with Crippen LogP contribution in [0.1, 0.15) is 18.2 Å². The predicted octanol–water partition coefficient (Wildman–Crippen LogP) is 5.75. The number of furan rings is 1. The van der Waals surface area contributed by atoms with E-state index < -0.39 is 10.0 Å². The first-order valence-corrected chi connectivity index (χ1v) is 10.6. The topological polar surface area (TPSA) is 26.0 Å². The van der Waals surface area contributed by atoms with Gasteiger partial charge in [-0.15, -0.1) is 0 Å². The molecule has 0 saturated carbocycles. The molecule has 3 heteroatoms. The molecule has 0 radical (unpaired) electrons. The van der Waals surface area contributed by atoms with Gasteiger partial charge in [0.2, 0.25) is 5.71 Å². The minimum Gasteiger partial charge on any atom is -0.438 e. The largest absolute Gasteiger partial charge is 0.438 e. The Bertz CT molecular complexity index is 871. The van der Waals surface area contributed by atoms with E-state index in [-0.39, 0.29) is 0 Å². The highest BCUT2D eigenvalue weighted by Crippen LogP contribution is 2.49. The monoisotopic (exact) mass is 325 g/mol. The Balaban J connectivity index is 2.21. The first kappa shape index (κ1) is 15.9. The lowest BCUT2D eigenvalue weighted by Gasteiger charge is -2.28. The standard InChI is InChI=1S/C20H23NOS/c1-6-14-15-12-13-17(21-20(15)22-18(14)7-2)16-10-8-9-11-19(16)23(3,4)5/h7-13H,2,6H2,1,3-5H3. The fraction of sp³-hybridized carbons (Fsp3) is 0.250. The lowest BCUT2D eigenvalue weighted by molar-refractivity contribution is 0.588. The molecule has 120 valence electrons. The third-order valence-corrected chi connectivity index (χ3v) is 5.73. The lowest BCUT2D eigenvalue weighted by Crippen LogP contribution is -1.97. The zero-order valence-electron chi connectivity index (χ0n) is 14.2. The van der Waals surface area contributed by atoms with E-state index in [1.165, 1.54) is 16.0 Å². The van der Waals surface area contributed by atoms with Gasteiger partial charge in [0.15, 0.2) is 0 Å². The predicted molar refractivity (Wildman–Crippen MR) is 103 cm³/mol. The summed E-state index contributed by atoms with van der Waals surface area (Å²) in [7, 11) is -0.834. The van der Waals surface area contributed by atoms with Gasteiger partial charge >= 0.3 is 0 Å². The third-order valence-electron chi connectivity index (χ3n) is 4.05. The fourth-order valence-corrected chi connectivity index (χ4v) is 4.26. The number of pyridine rings is 1. The van der Waals surface area contributed by atoms with Gasteiger partial charge in [0, 0.05) is 16.5 Å². The molecule has 23 heavy (non-hydrogen) atoms. The number of benzene rings is 1. The molecular formula is C20H23NOS. The van der Waals surface area contributed by atoms with Crippen LogP contribution in [0.3, 0.4) is 0 Å². The van der Waals surface area contributed by atoms with Crippen molar-refractivity contribution < 1.29 is 4.42 Å². The summed E-state index contributed by atoms with van der Waals surface area (Å²) in [4.78, 5) is 6.17. The summed E-state index contributed by atoms with van der Waals surface area (Å²) in [6.07, 6.45) is 9.61. The Morgan fingerprint density at radius 2 is 1.87 bits per heavy atom. The van der Waals surface area contributed by atoms with Crippen LogP contribution in [-0.4, -0.2) is 23.8 Å². The van der Waals surface area contributed by atoms with Crippen molar-refractivity contribution in [2.75, 3.05) is 18.8 Å². The van der Waals surface area contributed by atoms with Gasteiger partial charge in [0.25, 0.3) is 0 Å². The van der Waals surface area contributed by atoms with Crippen molar-refractivity contribution >= 4 is 27.2 Å². The molecule has 0 fully saturated rings. The number of hydrogen-bond donors (Lipinski definition) is 0. The van der Waals surface area contributed by atoms with Crippen molar-refractivity contribution in [3.63, 3.8) is 0 Å². The molecule has 0 aliphatic carbocycles. The van der Waals surface area contributed by atoms with Crippen LogP contribution in [0.25, 0.3) is 28.4 Å². The number of rotatable bonds is 4. The molecule has 0 aliphatic rings. The molecule has 0 N–H and O–H groups in total. The normalized spacial score (nSPS) is 12.5. The number of fused-ring (bicyclic) bond motifs is 1. The molecule has 0 atom stereocenters. The zero-order chi connectivity index (χ0) is 16.6. The highest BCUT2D eigenvalue weighted by Gasteiger charge is 2.17. The van der Waals surface area contributed by atoms with Gasteiger partial charge in [-0.1, -0.05) is 31.7 Å². The van der Waals surface area contributed by atoms with Crippen LogP contribution in [0.4, 0.5) is 0 Å². The van der Waals surface area contributed by atoms with Crippen molar-refractivity contribution in [2.24, 2.45) is 0 Å². The first-order chi connectivity index (χ1) is 11.0. The highest BCUT2D eigenvalue weighted by molar-refractivity contribution is 8.32. The average molecular weight is 325 g/mol. The molecule has 0 bridgehead atoms. The molecular weight excluding hydrogens is 302 g/mol. The van der Waals surface area contributed by atoms with Gasteiger partial charge in [-0.25, -0.2) is 15.0 Å². The summed E-state index contributed by atoms with van der Waals surface area (Å²) in [5, 5.41) is 1.09. The average Bonchev–Trinajstić information content (AvgIpc) is 2.90. The van der Waals surface area contributed by atoms with Crippen molar-refractivity contribution in [1.82, 2.24) is 4.98 Å². The molecule has 1 aromatic carbocycles. The molecule has 2 aromatic heterocycles. The number of aryl methyl sites for hydroxylation is 1. The molecule has 3 rings (SSSR count). The van der Waals surface area contributed by atoms with Crippen LogP contribution in [0.15, 0.2) is 52.3 Å². The van der Waals surface area contributed by atoms with Crippen molar-refractivity contribution in [2.45, 2.75) is 18.2 Å². The summed E-state index contributed by atoms with van der Waals surface area (Å²) in [6.45, 7) is 5.97. The van der Waals surface area contributed by atoms with Crippen molar-refractivity contribution in [3.8, 4) is 11.3 Å². The Morgan fingerprint density at radius 1 is 1.13 bits per heavy atom. The molecule has 0 saturated heterocycles. The lowest BCUT2D eigenvalue weighted by atomic mass is 10.1. The van der Waals surface area contributed by atoms with Gasteiger partial charge in [-0.3, -0.25) is 0 Å². The van der Waals surface area contributed by atoms with E-state index in [0.29, 0.717) is 5.71 Å². The minimum absolute atomic E-state index is 0.702. The second-order valence-electron chi connectivity index (χ2n) is 6.39.